The number of aromatic nitrogens is 2. The molecule has 0 aliphatic carbocycles. The maximum absolute atomic E-state index is 12.5. The van der Waals surface area contributed by atoms with Gasteiger partial charge < -0.3 is 10.1 Å². The third kappa shape index (κ3) is 4.66. The zero-order valence-electron chi connectivity index (χ0n) is 16.6. The van der Waals surface area contributed by atoms with Gasteiger partial charge in [-0.05, 0) is 42.7 Å². The molecule has 150 valence electrons. The number of carbonyl (C=O) groups is 1. The van der Waals surface area contributed by atoms with E-state index in [1.165, 1.54) is 5.56 Å². The first-order chi connectivity index (χ1) is 14.2. The number of hydrogen-bond acceptors (Lipinski definition) is 4. The highest BCUT2D eigenvalue weighted by atomic mass is 16.5. The molecule has 0 bridgehead atoms. The van der Waals surface area contributed by atoms with Crippen molar-refractivity contribution in [1.29, 1.82) is 0 Å². The number of anilines is 1. The lowest BCUT2D eigenvalue weighted by atomic mass is 10.0. The van der Waals surface area contributed by atoms with Gasteiger partial charge in [0.15, 0.2) is 0 Å². The number of ether oxygens (including phenoxy) is 1. The minimum Gasteiger partial charge on any atom is -0.497 e. The Bertz CT molecular complexity index is 946. The van der Waals surface area contributed by atoms with Crippen molar-refractivity contribution in [3.63, 3.8) is 0 Å². The second-order valence-corrected chi connectivity index (χ2v) is 7.34. The van der Waals surface area contributed by atoms with Crippen molar-refractivity contribution in [2.75, 3.05) is 25.5 Å². The summed E-state index contributed by atoms with van der Waals surface area (Å²) >= 11 is 0. The molecule has 1 aliphatic heterocycles. The van der Waals surface area contributed by atoms with Crippen molar-refractivity contribution in [3.8, 4) is 5.75 Å². The fraction of sp³-hybridized carbons (Fsp3) is 0.304. The van der Waals surface area contributed by atoms with Crippen LogP contribution in [-0.2, 0) is 6.54 Å². The van der Waals surface area contributed by atoms with Crippen molar-refractivity contribution >= 4 is 11.7 Å². The molecule has 0 saturated carbocycles. The zero-order valence-corrected chi connectivity index (χ0v) is 16.6. The molecular formula is C23H26N4O2. The third-order valence-electron chi connectivity index (χ3n) is 5.39. The van der Waals surface area contributed by atoms with Gasteiger partial charge >= 0.3 is 0 Å². The number of methoxy groups -OCH3 is 1. The van der Waals surface area contributed by atoms with Crippen LogP contribution in [0.5, 0.6) is 5.75 Å². The Balaban J connectivity index is 1.36. The van der Waals surface area contributed by atoms with Crippen LogP contribution in [0.15, 0.2) is 66.9 Å². The van der Waals surface area contributed by atoms with Gasteiger partial charge in [0.25, 0.3) is 5.91 Å². The van der Waals surface area contributed by atoms with Gasteiger partial charge in [-0.1, -0.05) is 30.3 Å². The molecule has 0 unspecified atom stereocenters. The predicted molar refractivity (Wildman–Crippen MR) is 113 cm³/mol. The molecule has 1 N–H and O–H groups in total. The molecule has 1 aliphatic rings. The lowest BCUT2D eigenvalue weighted by molar-refractivity contribution is 0.102. The Morgan fingerprint density at radius 2 is 1.90 bits per heavy atom. The SMILES string of the molecule is COc1cccc(CN2CCC(n3nccc3NC(=O)c3ccccc3)CC2)c1. The smallest absolute Gasteiger partial charge is 0.256 e. The van der Waals surface area contributed by atoms with Crippen molar-refractivity contribution in [1.82, 2.24) is 14.7 Å². The van der Waals surface area contributed by atoms with E-state index >= 15 is 0 Å². The summed E-state index contributed by atoms with van der Waals surface area (Å²) in [5.41, 5.74) is 1.91. The van der Waals surface area contributed by atoms with E-state index in [-0.39, 0.29) is 11.9 Å². The number of nitrogens with zero attached hydrogens (tertiary/aromatic N) is 3. The summed E-state index contributed by atoms with van der Waals surface area (Å²) in [5.74, 6) is 1.54. The van der Waals surface area contributed by atoms with Crippen molar-refractivity contribution < 1.29 is 9.53 Å². The van der Waals surface area contributed by atoms with Crippen molar-refractivity contribution in [2.45, 2.75) is 25.4 Å². The van der Waals surface area contributed by atoms with E-state index in [9.17, 15) is 4.79 Å². The molecule has 1 fully saturated rings. The molecule has 1 aromatic heterocycles. The van der Waals surface area contributed by atoms with Gasteiger partial charge in [-0.25, -0.2) is 4.68 Å². The van der Waals surface area contributed by atoms with E-state index in [1.807, 2.05) is 53.2 Å². The van der Waals surface area contributed by atoms with Crippen LogP contribution in [0.25, 0.3) is 0 Å². The first-order valence-corrected chi connectivity index (χ1v) is 9.98. The third-order valence-corrected chi connectivity index (χ3v) is 5.39. The van der Waals surface area contributed by atoms with Gasteiger partial charge in [0, 0.05) is 31.3 Å². The van der Waals surface area contributed by atoms with Crippen LogP contribution < -0.4 is 10.1 Å². The quantitative estimate of drug-likeness (QED) is 0.692. The van der Waals surface area contributed by atoms with Gasteiger partial charge in [0.1, 0.15) is 11.6 Å². The summed E-state index contributed by atoms with van der Waals surface area (Å²) in [6, 6.07) is 19.7. The van der Waals surface area contributed by atoms with Crippen LogP contribution in [0.4, 0.5) is 5.82 Å². The Kier molecular flexibility index (Phi) is 5.91. The summed E-state index contributed by atoms with van der Waals surface area (Å²) < 4.78 is 7.28. The Morgan fingerprint density at radius 1 is 1.10 bits per heavy atom. The summed E-state index contributed by atoms with van der Waals surface area (Å²) in [4.78, 5) is 14.9. The van der Waals surface area contributed by atoms with Crippen LogP contribution in [0.3, 0.4) is 0 Å². The molecule has 1 amide bonds. The first-order valence-electron chi connectivity index (χ1n) is 9.98. The van der Waals surface area contributed by atoms with Crippen LogP contribution in [0, 0.1) is 0 Å². The zero-order chi connectivity index (χ0) is 20.1. The number of carbonyl (C=O) groups excluding carboxylic acids is 1. The molecule has 0 radical (unpaired) electrons. The lowest BCUT2D eigenvalue weighted by Gasteiger charge is -2.32. The van der Waals surface area contributed by atoms with Gasteiger partial charge in [0.2, 0.25) is 0 Å². The van der Waals surface area contributed by atoms with Crippen LogP contribution >= 0.6 is 0 Å². The standard InChI is InChI=1S/C23H26N4O2/c1-29-21-9-5-6-18(16-21)17-26-14-11-20(12-15-26)27-22(10-13-24-27)25-23(28)19-7-3-2-4-8-19/h2-10,13,16,20H,11-12,14-15,17H2,1H3,(H,25,28). The highest BCUT2D eigenvalue weighted by Gasteiger charge is 2.23. The van der Waals surface area contributed by atoms with Gasteiger partial charge in [-0.2, -0.15) is 5.10 Å². The van der Waals surface area contributed by atoms with Crippen LogP contribution in [0.1, 0.15) is 34.8 Å². The summed E-state index contributed by atoms with van der Waals surface area (Å²) in [5, 5.41) is 7.49. The molecule has 2 heterocycles. The molecule has 2 aromatic carbocycles. The van der Waals surface area contributed by atoms with E-state index in [0.29, 0.717) is 5.56 Å². The number of likely N-dealkylation sites (tertiary alicyclic amines) is 1. The molecule has 3 aromatic rings. The number of rotatable bonds is 6. The van der Waals surface area contributed by atoms with E-state index < -0.39 is 0 Å². The fourth-order valence-electron chi connectivity index (χ4n) is 3.83. The number of piperidine rings is 1. The van der Waals surface area contributed by atoms with Gasteiger partial charge in [-0.15, -0.1) is 0 Å². The number of hydrogen-bond donors (Lipinski definition) is 1. The molecule has 29 heavy (non-hydrogen) atoms. The summed E-state index contributed by atoms with van der Waals surface area (Å²) in [7, 11) is 1.70. The highest BCUT2D eigenvalue weighted by Crippen LogP contribution is 2.27. The van der Waals surface area contributed by atoms with Crippen LogP contribution in [0.2, 0.25) is 0 Å². The number of amides is 1. The van der Waals surface area contributed by atoms with E-state index in [0.717, 1.165) is 44.0 Å². The average Bonchev–Trinajstić information content (AvgIpc) is 3.23. The second kappa shape index (κ2) is 8.92. The second-order valence-electron chi connectivity index (χ2n) is 7.34. The van der Waals surface area contributed by atoms with E-state index in [1.54, 1.807) is 13.3 Å². The van der Waals surface area contributed by atoms with Crippen molar-refractivity contribution in [2.24, 2.45) is 0 Å². The largest absolute Gasteiger partial charge is 0.497 e. The fourth-order valence-corrected chi connectivity index (χ4v) is 3.83. The summed E-state index contributed by atoms with van der Waals surface area (Å²) in [6.45, 7) is 2.91. The number of benzene rings is 2. The average molecular weight is 390 g/mol. The Morgan fingerprint density at radius 3 is 2.66 bits per heavy atom. The minimum atomic E-state index is -0.109. The topological polar surface area (TPSA) is 59.4 Å². The van der Waals surface area contributed by atoms with Crippen LogP contribution in [-0.4, -0.2) is 40.8 Å². The normalized spacial score (nSPS) is 15.2. The molecule has 0 atom stereocenters. The molecule has 6 heteroatoms. The van der Waals surface area contributed by atoms with Crippen molar-refractivity contribution in [3.05, 3.63) is 78.0 Å². The lowest BCUT2D eigenvalue weighted by Crippen LogP contribution is -2.35. The Labute approximate surface area is 171 Å². The van der Waals surface area contributed by atoms with Gasteiger partial charge in [0.05, 0.1) is 19.3 Å². The van der Waals surface area contributed by atoms with E-state index in [4.69, 9.17) is 4.74 Å². The predicted octanol–water partition coefficient (Wildman–Crippen LogP) is 3.98. The Hall–Kier alpha value is -3.12. The molecule has 4 rings (SSSR count). The molecule has 1 saturated heterocycles. The summed E-state index contributed by atoms with van der Waals surface area (Å²) in [6.07, 6.45) is 3.75. The maximum atomic E-state index is 12.5. The maximum Gasteiger partial charge on any atom is 0.256 e. The number of nitrogens with one attached hydrogen (secondary N) is 1. The van der Waals surface area contributed by atoms with Gasteiger partial charge in [-0.3, -0.25) is 9.69 Å². The minimum absolute atomic E-state index is 0.109. The monoisotopic (exact) mass is 390 g/mol. The van der Waals surface area contributed by atoms with E-state index in [2.05, 4.69) is 27.4 Å². The molecule has 0 spiro atoms. The first kappa shape index (κ1) is 19.2. The molecular weight excluding hydrogens is 364 g/mol. The molecule has 6 nitrogen and oxygen atoms in total. The highest BCUT2D eigenvalue weighted by molar-refractivity contribution is 6.03.